The van der Waals surface area contributed by atoms with Crippen molar-refractivity contribution in [3.63, 3.8) is 0 Å². The molecule has 0 aromatic heterocycles. The molecule has 0 unspecified atom stereocenters. The summed E-state index contributed by atoms with van der Waals surface area (Å²) in [5, 5.41) is 45.9. The average Bonchev–Trinajstić information content (AvgIpc) is 3.53. The Bertz CT molecular complexity index is 1610. The SMILES string of the molecule is COc1cc(C=CC(=O)NCCCCN=C(N)N)cc2c1O[C@@H](c1ccc(O[C@@H]3O[C@H](CO)[C@@H](O)[C@H](O)[C@H]3O)cc1)[C@@H]2C(=O)NCCCCN=C(N)N. The van der Waals surface area contributed by atoms with E-state index in [-0.39, 0.29) is 29.5 Å². The molecule has 2 amide bonds. The first-order chi connectivity index (χ1) is 25.4. The van der Waals surface area contributed by atoms with Gasteiger partial charge in [0.2, 0.25) is 18.1 Å². The largest absolute Gasteiger partial charge is 0.493 e. The molecule has 2 aromatic carbocycles. The van der Waals surface area contributed by atoms with Gasteiger partial charge in [-0.25, -0.2) is 0 Å². The predicted octanol–water partition coefficient (Wildman–Crippen LogP) is -1.56. The number of rotatable bonds is 18. The number of carbonyl (C=O) groups is 2. The van der Waals surface area contributed by atoms with Crippen molar-refractivity contribution in [3.8, 4) is 17.2 Å². The summed E-state index contributed by atoms with van der Waals surface area (Å²) in [5.41, 5.74) is 23.2. The first kappa shape index (κ1) is 40.6. The average molecular weight is 743 g/mol. The third-order valence-corrected chi connectivity index (χ3v) is 8.58. The zero-order valence-electron chi connectivity index (χ0n) is 29.5. The van der Waals surface area contributed by atoms with Crippen molar-refractivity contribution in [1.29, 1.82) is 0 Å². The van der Waals surface area contributed by atoms with E-state index in [1.165, 1.54) is 13.2 Å². The van der Waals surface area contributed by atoms with E-state index in [0.717, 1.165) is 0 Å². The molecule has 18 heteroatoms. The maximum Gasteiger partial charge on any atom is 0.243 e. The number of nitrogens with two attached hydrogens (primary N) is 4. The predicted molar refractivity (Wildman–Crippen MR) is 195 cm³/mol. The van der Waals surface area contributed by atoms with E-state index in [1.54, 1.807) is 42.5 Å². The summed E-state index contributed by atoms with van der Waals surface area (Å²) in [5.74, 6) is -0.446. The fraction of sp³-hybridized carbons (Fsp3) is 0.486. The van der Waals surface area contributed by atoms with Gasteiger partial charge in [-0.3, -0.25) is 19.6 Å². The van der Waals surface area contributed by atoms with Crippen LogP contribution in [-0.2, 0) is 14.3 Å². The minimum Gasteiger partial charge on any atom is -0.493 e. The van der Waals surface area contributed by atoms with Crippen LogP contribution >= 0.6 is 0 Å². The number of carbonyl (C=O) groups excluding carboxylic acids is 2. The van der Waals surface area contributed by atoms with Crippen LogP contribution in [-0.4, -0.2) is 115 Å². The molecule has 2 aromatic rings. The number of hydrogen-bond acceptors (Lipinski definition) is 12. The Morgan fingerprint density at radius 2 is 1.53 bits per heavy atom. The smallest absolute Gasteiger partial charge is 0.243 e. The van der Waals surface area contributed by atoms with Gasteiger partial charge in [0.15, 0.2) is 23.4 Å². The van der Waals surface area contributed by atoms with Gasteiger partial charge < -0.3 is 72.9 Å². The first-order valence-electron chi connectivity index (χ1n) is 17.2. The third-order valence-electron chi connectivity index (χ3n) is 8.58. The molecule has 2 aliphatic heterocycles. The van der Waals surface area contributed by atoms with Crippen molar-refractivity contribution in [2.45, 2.75) is 68.4 Å². The number of guanidine groups is 2. The number of unbranched alkanes of at least 4 members (excludes halogenated alkanes) is 2. The summed E-state index contributed by atoms with van der Waals surface area (Å²) in [6.45, 7) is 1.09. The van der Waals surface area contributed by atoms with Crippen LogP contribution in [0.4, 0.5) is 0 Å². The Balaban J connectivity index is 1.53. The van der Waals surface area contributed by atoms with Gasteiger partial charge in [0.1, 0.15) is 42.2 Å². The molecule has 18 nitrogen and oxygen atoms in total. The summed E-state index contributed by atoms with van der Waals surface area (Å²) in [7, 11) is 1.48. The maximum absolute atomic E-state index is 13.9. The fourth-order valence-corrected chi connectivity index (χ4v) is 5.84. The quantitative estimate of drug-likeness (QED) is 0.0358. The number of ether oxygens (including phenoxy) is 4. The van der Waals surface area contributed by atoms with Crippen molar-refractivity contribution in [2.24, 2.45) is 32.9 Å². The van der Waals surface area contributed by atoms with Crippen LogP contribution in [0.3, 0.4) is 0 Å². The molecule has 53 heavy (non-hydrogen) atoms. The van der Waals surface area contributed by atoms with Crippen LogP contribution in [0.15, 0.2) is 52.5 Å². The molecular weight excluding hydrogens is 692 g/mol. The van der Waals surface area contributed by atoms with Gasteiger partial charge >= 0.3 is 0 Å². The second-order valence-electron chi connectivity index (χ2n) is 12.5. The Labute approximate surface area is 306 Å². The number of fused-ring (bicyclic) bond motifs is 1. The number of nitrogens with zero attached hydrogens (tertiary/aromatic N) is 2. The number of aliphatic imine (C=N–C) groups is 2. The van der Waals surface area contributed by atoms with Gasteiger partial charge in [0.05, 0.1) is 13.7 Å². The topological polar surface area (TPSA) is 305 Å². The molecule has 290 valence electrons. The highest BCUT2D eigenvalue weighted by Crippen LogP contribution is 2.51. The molecule has 2 heterocycles. The number of aliphatic hydroxyl groups excluding tert-OH is 4. The maximum atomic E-state index is 13.9. The first-order valence-corrected chi connectivity index (χ1v) is 17.2. The number of benzene rings is 2. The number of aliphatic hydroxyl groups is 4. The molecule has 14 N–H and O–H groups in total. The Hall–Kier alpha value is -5.14. The van der Waals surface area contributed by atoms with Gasteiger partial charge in [-0.2, -0.15) is 0 Å². The molecule has 1 fully saturated rings. The highest BCUT2D eigenvalue weighted by Gasteiger charge is 2.45. The molecule has 4 rings (SSSR count). The lowest BCUT2D eigenvalue weighted by Gasteiger charge is -2.39. The molecule has 0 aliphatic carbocycles. The van der Waals surface area contributed by atoms with Crippen molar-refractivity contribution in [2.75, 3.05) is 39.9 Å². The summed E-state index contributed by atoms with van der Waals surface area (Å²) in [4.78, 5) is 34.3. The van der Waals surface area contributed by atoms with Crippen LogP contribution in [0.25, 0.3) is 6.08 Å². The van der Waals surface area contributed by atoms with Crippen LogP contribution in [0.1, 0.15) is 54.4 Å². The molecule has 0 saturated carbocycles. The van der Waals surface area contributed by atoms with Crippen molar-refractivity contribution >= 4 is 29.8 Å². The minimum absolute atomic E-state index is 0.00278. The normalized spacial score (nSPS) is 23.4. The van der Waals surface area contributed by atoms with Gasteiger partial charge in [-0.1, -0.05) is 12.1 Å². The Morgan fingerprint density at radius 3 is 2.13 bits per heavy atom. The van der Waals surface area contributed by atoms with Crippen molar-refractivity contribution in [1.82, 2.24) is 10.6 Å². The van der Waals surface area contributed by atoms with Crippen LogP contribution in [0, 0.1) is 0 Å². The molecule has 1 saturated heterocycles. The van der Waals surface area contributed by atoms with Crippen molar-refractivity contribution < 1.29 is 49.0 Å². The summed E-state index contributed by atoms with van der Waals surface area (Å²) in [6.07, 6.45) is -2.34. The highest BCUT2D eigenvalue weighted by atomic mass is 16.7. The monoisotopic (exact) mass is 742 g/mol. The second kappa shape index (κ2) is 19.6. The van der Waals surface area contributed by atoms with Crippen LogP contribution in [0.5, 0.6) is 17.2 Å². The number of hydrogen-bond donors (Lipinski definition) is 10. The summed E-state index contributed by atoms with van der Waals surface area (Å²) >= 11 is 0. The number of amides is 2. The zero-order valence-corrected chi connectivity index (χ0v) is 29.5. The lowest BCUT2D eigenvalue weighted by atomic mass is 9.89. The van der Waals surface area contributed by atoms with Gasteiger partial charge in [0.25, 0.3) is 0 Å². The molecule has 7 atom stereocenters. The van der Waals surface area contributed by atoms with Crippen molar-refractivity contribution in [3.05, 3.63) is 59.2 Å². The molecule has 0 radical (unpaired) electrons. The van der Waals surface area contributed by atoms with E-state index in [4.69, 9.17) is 41.9 Å². The molecule has 0 bridgehead atoms. The summed E-state index contributed by atoms with van der Waals surface area (Å²) < 4.78 is 23.3. The highest BCUT2D eigenvalue weighted by molar-refractivity contribution is 5.92. The Kier molecular flexibility index (Phi) is 15.0. The molecule has 0 spiro atoms. The lowest BCUT2D eigenvalue weighted by Crippen LogP contribution is -2.60. The molecular formula is C35H50N8O10. The molecule has 2 aliphatic rings. The second-order valence-corrected chi connectivity index (χ2v) is 12.5. The van der Waals surface area contributed by atoms with Gasteiger partial charge in [-0.05, 0) is 67.2 Å². The minimum atomic E-state index is -1.60. The lowest BCUT2D eigenvalue weighted by molar-refractivity contribution is -0.277. The van der Waals surface area contributed by atoms with E-state index < -0.39 is 49.3 Å². The van der Waals surface area contributed by atoms with Crippen LogP contribution < -0.4 is 47.8 Å². The van der Waals surface area contributed by atoms with Crippen LogP contribution in [0.2, 0.25) is 0 Å². The van der Waals surface area contributed by atoms with E-state index in [2.05, 4.69) is 20.6 Å². The number of nitrogens with one attached hydrogen (secondary N) is 2. The Morgan fingerprint density at radius 1 is 0.887 bits per heavy atom. The van der Waals surface area contributed by atoms with E-state index in [1.807, 2.05) is 0 Å². The van der Waals surface area contributed by atoms with E-state index in [9.17, 15) is 30.0 Å². The van der Waals surface area contributed by atoms with E-state index >= 15 is 0 Å². The van der Waals surface area contributed by atoms with Gasteiger partial charge in [-0.15, -0.1) is 0 Å². The third kappa shape index (κ3) is 11.2. The fourth-order valence-electron chi connectivity index (χ4n) is 5.84. The summed E-state index contributed by atoms with van der Waals surface area (Å²) in [6, 6.07) is 9.99. The van der Waals surface area contributed by atoms with E-state index in [0.29, 0.717) is 80.1 Å². The number of methoxy groups -OCH3 is 1. The zero-order chi connectivity index (χ0) is 38.5. The standard InChI is InChI=1S/C35H50N8O10/c1-50-23-17-19(6-11-25(45)40-12-2-4-14-42-34(36)37)16-22-26(32(49)41-13-3-5-15-43-35(38)39)30(53-31(22)23)20-7-9-21(10-8-20)51-33-29(48)28(47)27(46)24(18-44)52-33/h6-11,16-17,24,26-30,33,44,46-48H,2-5,12-15,18H2,1H3,(H,40,45)(H,41,49)(H4,36,37,42)(H4,38,39,43)/t24-,26-,27-,28+,29-,30+,33-/m1/s1. The van der Waals surface area contributed by atoms with Gasteiger partial charge in [0, 0.05) is 37.8 Å².